The SMILES string of the molecule is CNC(CC1CCCC1)c1ncc(Br)cc1Br. The molecule has 1 atom stereocenters. The molecule has 1 aromatic rings. The number of halogens is 2. The minimum Gasteiger partial charge on any atom is -0.312 e. The number of nitrogens with zero attached hydrogens (tertiary/aromatic N) is 1. The van der Waals surface area contributed by atoms with Gasteiger partial charge in [-0.25, -0.2) is 0 Å². The summed E-state index contributed by atoms with van der Waals surface area (Å²) in [6.45, 7) is 0. The molecule has 1 N–H and O–H groups in total. The summed E-state index contributed by atoms with van der Waals surface area (Å²) in [5.74, 6) is 0.866. The topological polar surface area (TPSA) is 24.9 Å². The van der Waals surface area contributed by atoms with Crippen LogP contribution in [0.2, 0.25) is 0 Å². The number of hydrogen-bond donors (Lipinski definition) is 1. The molecular formula is C13H18Br2N2. The van der Waals surface area contributed by atoms with E-state index in [0.29, 0.717) is 6.04 Å². The van der Waals surface area contributed by atoms with E-state index in [1.54, 1.807) is 0 Å². The molecule has 2 nitrogen and oxygen atoms in total. The first-order chi connectivity index (χ1) is 8.20. The standard InChI is InChI=1S/C13H18Br2N2/c1-16-12(6-9-4-2-3-5-9)13-11(15)7-10(14)8-17-13/h7-9,12,16H,2-6H2,1H3. The zero-order valence-corrected chi connectivity index (χ0v) is 13.2. The van der Waals surface area contributed by atoms with Crippen molar-refractivity contribution in [2.45, 2.75) is 38.1 Å². The van der Waals surface area contributed by atoms with E-state index < -0.39 is 0 Å². The van der Waals surface area contributed by atoms with Crippen LogP contribution in [-0.2, 0) is 0 Å². The van der Waals surface area contributed by atoms with E-state index >= 15 is 0 Å². The zero-order valence-electron chi connectivity index (χ0n) is 10.0. The van der Waals surface area contributed by atoms with Crippen molar-refractivity contribution in [3.8, 4) is 0 Å². The smallest absolute Gasteiger partial charge is 0.0715 e. The molecule has 0 amide bonds. The highest BCUT2D eigenvalue weighted by Gasteiger charge is 2.22. The Balaban J connectivity index is 2.10. The van der Waals surface area contributed by atoms with Gasteiger partial charge in [-0.05, 0) is 57.3 Å². The van der Waals surface area contributed by atoms with Crippen LogP contribution in [0.4, 0.5) is 0 Å². The van der Waals surface area contributed by atoms with Gasteiger partial charge in [-0.3, -0.25) is 4.98 Å². The summed E-state index contributed by atoms with van der Waals surface area (Å²) in [4.78, 5) is 4.53. The quantitative estimate of drug-likeness (QED) is 0.856. The van der Waals surface area contributed by atoms with E-state index in [2.05, 4.69) is 48.2 Å². The molecular weight excluding hydrogens is 344 g/mol. The van der Waals surface area contributed by atoms with Crippen LogP contribution in [0.3, 0.4) is 0 Å². The van der Waals surface area contributed by atoms with Gasteiger partial charge in [0.2, 0.25) is 0 Å². The van der Waals surface area contributed by atoms with E-state index in [9.17, 15) is 0 Å². The van der Waals surface area contributed by atoms with Gasteiger partial charge in [-0.15, -0.1) is 0 Å². The Kier molecular flexibility index (Phi) is 5.00. The van der Waals surface area contributed by atoms with Gasteiger partial charge in [0.05, 0.1) is 11.7 Å². The summed E-state index contributed by atoms with van der Waals surface area (Å²) in [5, 5.41) is 3.40. The van der Waals surface area contributed by atoms with Crippen molar-refractivity contribution in [3.63, 3.8) is 0 Å². The highest BCUT2D eigenvalue weighted by molar-refractivity contribution is 9.11. The lowest BCUT2D eigenvalue weighted by Crippen LogP contribution is -2.20. The van der Waals surface area contributed by atoms with Gasteiger partial charge in [-0.2, -0.15) is 0 Å². The Morgan fingerprint density at radius 3 is 2.71 bits per heavy atom. The zero-order chi connectivity index (χ0) is 12.3. The van der Waals surface area contributed by atoms with Crippen molar-refractivity contribution in [1.29, 1.82) is 0 Å². The molecule has 17 heavy (non-hydrogen) atoms. The van der Waals surface area contributed by atoms with Gasteiger partial charge in [0.1, 0.15) is 0 Å². The molecule has 1 aliphatic rings. The molecule has 94 valence electrons. The minimum absolute atomic E-state index is 0.362. The average molecular weight is 362 g/mol. The molecule has 1 unspecified atom stereocenters. The number of rotatable bonds is 4. The van der Waals surface area contributed by atoms with Crippen molar-refractivity contribution in [2.75, 3.05) is 7.05 Å². The molecule has 2 rings (SSSR count). The second kappa shape index (κ2) is 6.30. The predicted molar refractivity (Wildman–Crippen MR) is 78.0 cm³/mol. The Hall–Kier alpha value is 0.0700. The molecule has 1 fully saturated rings. The van der Waals surface area contributed by atoms with E-state index in [1.165, 1.54) is 32.1 Å². The van der Waals surface area contributed by atoms with Crippen LogP contribution in [0.1, 0.15) is 43.8 Å². The van der Waals surface area contributed by atoms with Gasteiger partial charge >= 0.3 is 0 Å². The minimum atomic E-state index is 0.362. The van der Waals surface area contributed by atoms with E-state index in [1.807, 2.05) is 13.2 Å². The first kappa shape index (κ1) is 13.5. The van der Waals surface area contributed by atoms with Crippen molar-refractivity contribution < 1.29 is 0 Å². The Morgan fingerprint density at radius 1 is 1.41 bits per heavy atom. The highest BCUT2D eigenvalue weighted by Crippen LogP contribution is 2.34. The monoisotopic (exact) mass is 360 g/mol. The van der Waals surface area contributed by atoms with Crippen LogP contribution in [0.5, 0.6) is 0 Å². The Morgan fingerprint density at radius 2 is 2.12 bits per heavy atom. The lowest BCUT2D eigenvalue weighted by molar-refractivity contribution is 0.406. The van der Waals surface area contributed by atoms with Crippen LogP contribution in [-0.4, -0.2) is 12.0 Å². The fourth-order valence-electron chi connectivity index (χ4n) is 2.63. The predicted octanol–water partition coefficient (Wildman–Crippen LogP) is 4.45. The van der Waals surface area contributed by atoms with Crippen molar-refractivity contribution in [2.24, 2.45) is 5.92 Å². The second-order valence-electron chi connectivity index (χ2n) is 4.75. The largest absolute Gasteiger partial charge is 0.312 e. The van der Waals surface area contributed by atoms with Crippen LogP contribution < -0.4 is 5.32 Å². The van der Waals surface area contributed by atoms with E-state index in [4.69, 9.17) is 0 Å². The van der Waals surface area contributed by atoms with E-state index in [-0.39, 0.29) is 0 Å². The maximum atomic E-state index is 4.53. The van der Waals surface area contributed by atoms with Crippen LogP contribution in [0.25, 0.3) is 0 Å². The summed E-state index contributed by atoms with van der Waals surface area (Å²) in [5.41, 5.74) is 1.13. The Labute approximate surface area is 120 Å². The number of aromatic nitrogens is 1. The second-order valence-corrected chi connectivity index (χ2v) is 6.52. The van der Waals surface area contributed by atoms with Crippen molar-refractivity contribution in [3.05, 3.63) is 26.9 Å². The third-order valence-corrected chi connectivity index (χ3v) is 4.63. The van der Waals surface area contributed by atoms with E-state index in [0.717, 1.165) is 20.6 Å². The first-order valence-corrected chi connectivity index (χ1v) is 7.77. The summed E-state index contributed by atoms with van der Waals surface area (Å²) in [6.07, 6.45) is 8.63. The number of pyridine rings is 1. The average Bonchev–Trinajstić information content (AvgIpc) is 2.79. The molecule has 0 aliphatic heterocycles. The lowest BCUT2D eigenvalue weighted by atomic mass is 9.96. The molecule has 1 aliphatic carbocycles. The first-order valence-electron chi connectivity index (χ1n) is 6.19. The lowest BCUT2D eigenvalue weighted by Gasteiger charge is -2.20. The summed E-state index contributed by atoms with van der Waals surface area (Å²) < 4.78 is 2.10. The van der Waals surface area contributed by atoms with Crippen molar-refractivity contribution in [1.82, 2.24) is 10.3 Å². The summed E-state index contributed by atoms with van der Waals surface area (Å²) in [7, 11) is 2.02. The van der Waals surface area contributed by atoms with Crippen LogP contribution in [0, 0.1) is 5.92 Å². The maximum absolute atomic E-state index is 4.53. The molecule has 0 radical (unpaired) electrons. The van der Waals surface area contributed by atoms with Gasteiger partial charge in [0.15, 0.2) is 0 Å². The molecule has 1 saturated carbocycles. The number of hydrogen-bond acceptors (Lipinski definition) is 2. The van der Waals surface area contributed by atoms with Crippen LogP contribution in [0.15, 0.2) is 21.2 Å². The van der Waals surface area contributed by atoms with Gasteiger partial charge in [0, 0.05) is 15.1 Å². The van der Waals surface area contributed by atoms with Gasteiger partial charge in [0.25, 0.3) is 0 Å². The summed E-state index contributed by atoms with van der Waals surface area (Å²) in [6, 6.07) is 2.43. The van der Waals surface area contributed by atoms with Gasteiger partial charge in [-0.1, -0.05) is 25.7 Å². The molecule has 0 aromatic carbocycles. The third kappa shape index (κ3) is 3.52. The maximum Gasteiger partial charge on any atom is 0.0715 e. The third-order valence-electron chi connectivity index (χ3n) is 3.56. The fraction of sp³-hybridized carbons (Fsp3) is 0.615. The normalized spacial score (nSPS) is 18.5. The fourth-order valence-corrected chi connectivity index (χ4v) is 3.89. The molecule has 0 bridgehead atoms. The Bertz CT molecular complexity index is 376. The van der Waals surface area contributed by atoms with Gasteiger partial charge < -0.3 is 5.32 Å². The van der Waals surface area contributed by atoms with Crippen molar-refractivity contribution >= 4 is 31.9 Å². The molecule has 0 saturated heterocycles. The van der Waals surface area contributed by atoms with Crippen LogP contribution >= 0.6 is 31.9 Å². The molecule has 1 aromatic heterocycles. The molecule has 0 spiro atoms. The molecule has 4 heteroatoms. The highest BCUT2D eigenvalue weighted by atomic mass is 79.9. The summed E-state index contributed by atoms with van der Waals surface area (Å²) >= 11 is 7.05. The molecule has 1 heterocycles. The number of nitrogens with one attached hydrogen (secondary N) is 1.